The van der Waals surface area contributed by atoms with E-state index in [1.165, 1.54) is 29.8 Å². The molecular weight excluding hydrogens is 455 g/mol. The van der Waals surface area contributed by atoms with Gasteiger partial charge < -0.3 is 10.0 Å². The summed E-state index contributed by atoms with van der Waals surface area (Å²) in [6.45, 7) is 4.48. The van der Waals surface area contributed by atoms with Crippen molar-refractivity contribution in [3.8, 4) is 0 Å². The number of halogens is 3. The zero-order valence-electron chi connectivity index (χ0n) is 20.3. The molecule has 8 heteroatoms. The van der Waals surface area contributed by atoms with Crippen LogP contribution in [0.25, 0.3) is 6.08 Å². The number of likely N-dealkylation sites (tertiary alicyclic amines) is 1. The van der Waals surface area contributed by atoms with Crippen molar-refractivity contribution >= 4 is 12.0 Å². The second-order valence-electron chi connectivity index (χ2n) is 9.32. The first-order chi connectivity index (χ1) is 16.7. The van der Waals surface area contributed by atoms with Gasteiger partial charge in [-0.25, -0.2) is 0 Å². The van der Waals surface area contributed by atoms with Gasteiger partial charge in [0.1, 0.15) is 0 Å². The van der Waals surface area contributed by atoms with E-state index >= 15 is 0 Å². The third-order valence-corrected chi connectivity index (χ3v) is 6.95. The molecule has 1 aromatic heterocycles. The van der Waals surface area contributed by atoms with E-state index in [0.717, 1.165) is 44.5 Å². The zero-order valence-corrected chi connectivity index (χ0v) is 20.3. The van der Waals surface area contributed by atoms with Crippen LogP contribution in [0, 0.1) is 5.92 Å². The average molecular weight is 490 g/mol. The molecule has 2 heterocycles. The molecule has 190 valence electrons. The van der Waals surface area contributed by atoms with Crippen molar-refractivity contribution in [1.29, 1.82) is 0 Å². The fourth-order valence-corrected chi connectivity index (χ4v) is 4.67. The highest BCUT2D eigenvalue weighted by Gasteiger charge is 2.30. The summed E-state index contributed by atoms with van der Waals surface area (Å²) in [5, 5.41) is 10.1. The normalized spacial score (nSPS) is 17.4. The molecule has 0 radical (unpaired) electrons. The number of rotatable bonds is 9. The molecule has 2 aromatic rings. The Hall–Kier alpha value is -2.71. The Morgan fingerprint density at radius 2 is 1.91 bits per heavy atom. The molecule has 0 aliphatic carbocycles. The van der Waals surface area contributed by atoms with Crippen molar-refractivity contribution in [1.82, 2.24) is 14.8 Å². The van der Waals surface area contributed by atoms with Gasteiger partial charge in [0.25, 0.3) is 0 Å². The lowest BCUT2D eigenvalue weighted by Gasteiger charge is -2.40. The van der Waals surface area contributed by atoms with Crippen LogP contribution in [0.15, 0.2) is 54.9 Å². The van der Waals surface area contributed by atoms with Crippen molar-refractivity contribution in [2.24, 2.45) is 5.92 Å². The molecule has 1 N–H and O–H groups in total. The molecule has 2 atom stereocenters. The Labute approximate surface area is 205 Å². The van der Waals surface area contributed by atoms with E-state index in [1.807, 2.05) is 12.4 Å². The molecule has 1 aromatic carbocycles. The second-order valence-corrected chi connectivity index (χ2v) is 9.32. The first-order valence-electron chi connectivity index (χ1n) is 12.0. The molecule has 1 saturated heterocycles. The summed E-state index contributed by atoms with van der Waals surface area (Å²) in [6.07, 6.45) is 4.72. The smallest absolute Gasteiger partial charge is 0.395 e. The van der Waals surface area contributed by atoms with E-state index in [4.69, 9.17) is 0 Å². The number of hydrogen-bond acceptors (Lipinski definition) is 4. The van der Waals surface area contributed by atoms with Gasteiger partial charge in [-0.1, -0.05) is 19.1 Å². The van der Waals surface area contributed by atoms with Gasteiger partial charge in [-0.3, -0.25) is 14.7 Å². The van der Waals surface area contributed by atoms with Crippen LogP contribution in [-0.2, 0) is 11.0 Å². The molecule has 1 aliphatic heterocycles. The van der Waals surface area contributed by atoms with Crippen molar-refractivity contribution in [3.05, 3.63) is 71.6 Å². The van der Waals surface area contributed by atoms with Crippen molar-refractivity contribution < 1.29 is 23.1 Å². The van der Waals surface area contributed by atoms with Crippen molar-refractivity contribution in [3.63, 3.8) is 0 Å². The minimum Gasteiger partial charge on any atom is -0.395 e. The average Bonchev–Trinajstić information content (AvgIpc) is 2.87. The SMILES string of the molecule is CC(CCN(C)C(=O)/C=C/c1cccc(C(F)(F)F)c1)C(CO)N1CCC(c2ccncc2)CC1. The maximum Gasteiger partial charge on any atom is 0.416 e. The third kappa shape index (κ3) is 7.64. The van der Waals surface area contributed by atoms with Gasteiger partial charge in [-0.15, -0.1) is 0 Å². The number of amides is 1. The summed E-state index contributed by atoms with van der Waals surface area (Å²) in [5.74, 6) is 0.421. The first-order valence-corrected chi connectivity index (χ1v) is 12.0. The fraction of sp³-hybridized carbons (Fsp3) is 0.481. The highest BCUT2D eigenvalue weighted by atomic mass is 19.4. The van der Waals surface area contributed by atoms with E-state index in [9.17, 15) is 23.1 Å². The van der Waals surface area contributed by atoms with Crippen molar-refractivity contribution in [2.75, 3.05) is 33.3 Å². The largest absolute Gasteiger partial charge is 0.416 e. The van der Waals surface area contributed by atoms with Crippen LogP contribution in [0.5, 0.6) is 0 Å². The van der Waals surface area contributed by atoms with Crippen LogP contribution in [0.1, 0.15) is 48.8 Å². The number of piperidine rings is 1. The molecule has 2 unspecified atom stereocenters. The zero-order chi connectivity index (χ0) is 25.4. The molecule has 0 saturated carbocycles. The van der Waals surface area contributed by atoms with Gasteiger partial charge in [0.15, 0.2) is 0 Å². The Morgan fingerprint density at radius 1 is 1.23 bits per heavy atom. The molecule has 0 spiro atoms. The maximum absolute atomic E-state index is 12.9. The van der Waals surface area contributed by atoms with Crippen LogP contribution in [0.3, 0.4) is 0 Å². The Balaban J connectivity index is 1.48. The number of likely N-dealkylation sites (N-methyl/N-ethyl adjacent to an activating group) is 1. The summed E-state index contributed by atoms with van der Waals surface area (Å²) in [4.78, 5) is 20.5. The van der Waals surface area contributed by atoms with E-state index in [2.05, 4.69) is 28.9 Å². The number of nitrogens with zero attached hydrogens (tertiary/aromatic N) is 3. The lowest BCUT2D eigenvalue weighted by Crippen LogP contribution is -2.47. The molecule has 5 nitrogen and oxygen atoms in total. The molecule has 1 aliphatic rings. The summed E-state index contributed by atoms with van der Waals surface area (Å²) in [5.41, 5.74) is 0.895. The Bertz CT molecular complexity index is 973. The highest BCUT2D eigenvalue weighted by Crippen LogP contribution is 2.31. The summed E-state index contributed by atoms with van der Waals surface area (Å²) in [7, 11) is 1.68. The van der Waals surface area contributed by atoms with Crippen LogP contribution in [0.4, 0.5) is 13.2 Å². The monoisotopic (exact) mass is 489 g/mol. The molecular formula is C27H34F3N3O2. The van der Waals surface area contributed by atoms with Crippen LogP contribution < -0.4 is 0 Å². The number of alkyl halides is 3. The maximum atomic E-state index is 12.9. The number of aliphatic hydroxyl groups is 1. The quantitative estimate of drug-likeness (QED) is 0.513. The molecule has 1 fully saturated rings. The summed E-state index contributed by atoms with van der Waals surface area (Å²) in [6, 6.07) is 9.05. The number of aliphatic hydroxyl groups excluding tert-OH is 1. The highest BCUT2D eigenvalue weighted by molar-refractivity contribution is 5.91. The van der Waals surface area contributed by atoms with E-state index in [1.54, 1.807) is 11.9 Å². The Morgan fingerprint density at radius 3 is 2.54 bits per heavy atom. The van der Waals surface area contributed by atoms with Crippen LogP contribution in [-0.4, -0.2) is 65.1 Å². The summed E-state index contributed by atoms with van der Waals surface area (Å²) < 4.78 is 38.6. The third-order valence-electron chi connectivity index (χ3n) is 6.95. The molecule has 1 amide bonds. The van der Waals surface area contributed by atoms with Gasteiger partial charge in [0, 0.05) is 38.1 Å². The van der Waals surface area contributed by atoms with Crippen LogP contribution in [0.2, 0.25) is 0 Å². The predicted octanol–water partition coefficient (Wildman–Crippen LogP) is 4.84. The second kappa shape index (κ2) is 12.3. The predicted molar refractivity (Wildman–Crippen MR) is 131 cm³/mol. The standard InChI is InChI=1S/C27H34F3N3O2/c1-20(25(19-34)33-16-11-23(12-17-33)22-8-13-31-14-9-22)10-15-32(2)26(35)7-6-21-4-3-5-24(18-21)27(28,29)30/h3-9,13-14,18,20,23,25,34H,10-12,15-17,19H2,1-2H3/b7-6+. The first kappa shape index (κ1) is 26.9. The Kier molecular flexibility index (Phi) is 9.46. The van der Waals surface area contributed by atoms with E-state index in [0.29, 0.717) is 18.0 Å². The lowest BCUT2D eigenvalue weighted by atomic mass is 9.87. The topological polar surface area (TPSA) is 56.7 Å². The lowest BCUT2D eigenvalue weighted by molar-refractivity contribution is -0.137. The van der Waals surface area contributed by atoms with Crippen LogP contribution >= 0.6 is 0 Å². The van der Waals surface area contributed by atoms with Gasteiger partial charge in [-0.05, 0) is 85.7 Å². The van der Waals surface area contributed by atoms with Gasteiger partial charge in [0.2, 0.25) is 5.91 Å². The minimum atomic E-state index is -4.42. The number of aromatic nitrogens is 1. The number of carbonyl (C=O) groups is 1. The molecule has 0 bridgehead atoms. The van der Waals surface area contributed by atoms with Crippen molar-refractivity contribution in [2.45, 2.75) is 44.3 Å². The molecule has 35 heavy (non-hydrogen) atoms. The number of pyridine rings is 1. The van der Waals surface area contributed by atoms with Gasteiger partial charge >= 0.3 is 6.18 Å². The molecule has 3 rings (SSSR count). The van der Waals surface area contributed by atoms with E-state index < -0.39 is 11.7 Å². The fourth-order valence-electron chi connectivity index (χ4n) is 4.67. The summed E-state index contributed by atoms with van der Waals surface area (Å²) >= 11 is 0. The number of benzene rings is 1. The van der Waals surface area contributed by atoms with Gasteiger partial charge in [0.05, 0.1) is 12.2 Å². The van der Waals surface area contributed by atoms with E-state index in [-0.39, 0.29) is 24.5 Å². The number of hydrogen-bond donors (Lipinski definition) is 1. The minimum absolute atomic E-state index is 0.0255. The van der Waals surface area contributed by atoms with Gasteiger partial charge in [-0.2, -0.15) is 13.2 Å². The number of carbonyl (C=O) groups excluding carboxylic acids is 1.